The van der Waals surface area contributed by atoms with E-state index in [1.807, 2.05) is 212 Å². The third kappa shape index (κ3) is 17.0. The quantitative estimate of drug-likeness (QED) is 0.0338. The first kappa shape index (κ1) is 64.3. The van der Waals surface area contributed by atoms with Gasteiger partial charge in [0.2, 0.25) is 5.60 Å². The number of ether oxygens (including phenoxy) is 11. The minimum atomic E-state index is -2.73. The van der Waals surface area contributed by atoms with Crippen LogP contribution in [0.1, 0.15) is 79.0 Å². The molecule has 3 unspecified atom stereocenters. The van der Waals surface area contributed by atoms with Gasteiger partial charge in [0.15, 0.2) is 6.29 Å². The highest BCUT2D eigenvalue weighted by Crippen LogP contribution is 2.45. The molecule has 1 heterocycles. The topological polar surface area (TPSA) is 139 Å². The van der Waals surface area contributed by atoms with Crippen molar-refractivity contribution in [2.75, 3.05) is 13.2 Å². The Labute approximate surface area is 519 Å². The zero-order valence-electron chi connectivity index (χ0n) is 50.9. The van der Waals surface area contributed by atoms with Gasteiger partial charge in [0.05, 0.1) is 59.5 Å². The normalized spacial score (nSPS) is 27.2. The van der Waals surface area contributed by atoms with Gasteiger partial charge in [-0.15, -0.1) is 6.58 Å². The summed E-state index contributed by atoms with van der Waals surface area (Å²) in [6, 6.07) is 68.8. The highest BCUT2D eigenvalue weighted by Gasteiger charge is 2.68. The summed E-state index contributed by atoms with van der Waals surface area (Å²) < 4.78 is 78.5. The number of benzene rings is 7. The molecule has 10 rings (SSSR count). The molecule has 7 aromatic rings. The average Bonchev–Trinajstić information content (AvgIpc) is 0.874. The Bertz CT molecular complexity index is 3110. The third-order valence-corrected chi connectivity index (χ3v) is 17.1. The molecular weight excluding hydrogens is 1110 g/mol. The standard InChI is InChI=1S/C75H86O13/c1-5-44-79-71-68(83-49-59-37-21-10-22-38-59)67(82-48-58-35-19-9-20-36-58)69(84-50-60-39-23-11-24-40-60)72(75(71,77)74(76)87-62-43-27-28-54(4)64(62)53(2)3)88-73-70(85-51-61-41-25-12-26-42-61)66(81-47-57-33-17-8-18-34-57)65(80-46-56-31-15-7-16-32-56)63(86-73)52-78-45-55-29-13-6-14-30-55/h5-26,29-42,53-54,62-73,77H,1,27-28,43-52H2,2-4H3/t54?,62?,63-,64?,65-,66+,67-,68-,69+,70+,71+,72+,73-,75-/m1/s1. The molecule has 3 fully saturated rings. The van der Waals surface area contributed by atoms with Gasteiger partial charge in [-0.3, -0.25) is 0 Å². The fourth-order valence-electron chi connectivity index (χ4n) is 12.7. The molecule has 1 N–H and O–H groups in total. The number of hydrogen-bond acceptors (Lipinski definition) is 13. The summed E-state index contributed by atoms with van der Waals surface area (Å²) in [5, 5.41) is 14.6. The molecule has 1 aliphatic heterocycles. The number of esters is 1. The average molecular weight is 1200 g/mol. The predicted octanol–water partition coefficient (Wildman–Crippen LogP) is 13.1. The molecule has 13 nitrogen and oxygen atoms in total. The van der Waals surface area contributed by atoms with E-state index in [0.29, 0.717) is 6.42 Å². The van der Waals surface area contributed by atoms with Gasteiger partial charge in [-0.2, -0.15) is 0 Å². The van der Waals surface area contributed by atoms with Crippen LogP contribution in [0, 0.1) is 17.8 Å². The smallest absolute Gasteiger partial charge is 0.344 e. The van der Waals surface area contributed by atoms with Gasteiger partial charge in [-0.05, 0) is 63.6 Å². The van der Waals surface area contributed by atoms with Crippen LogP contribution in [0.2, 0.25) is 0 Å². The van der Waals surface area contributed by atoms with Crippen molar-refractivity contribution in [1.29, 1.82) is 0 Å². The molecule has 88 heavy (non-hydrogen) atoms. The van der Waals surface area contributed by atoms with Crippen molar-refractivity contribution in [3.05, 3.63) is 264 Å². The van der Waals surface area contributed by atoms with E-state index in [1.54, 1.807) is 6.08 Å². The van der Waals surface area contributed by atoms with Crippen molar-refractivity contribution in [1.82, 2.24) is 0 Å². The van der Waals surface area contributed by atoms with Crippen LogP contribution in [0.4, 0.5) is 0 Å². The number of rotatable bonds is 30. The summed E-state index contributed by atoms with van der Waals surface area (Å²) in [5.41, 5.74) is 3.46. The molecule has 13 heteroatoms. The van der Waals surface area contributed by atoms with Crippen molar-refractivity contribution in [2.45, 2.75) is 159 Å². The van der Waals surface area contributed by atoms with E-state index in [1.165, 1.54) is 0 Å². The van der Waals surface area contributed by atoms with Crippen molar-refractivity contribution < 1.29 is 62.0 Å². The summed E-state index contributed by atoms with van der Waals surface area (Å²) in [5.74, 6) is -0.590. The van der Waals surface area contributed by atoms with Crippen LogP contribution < -0.4 is 0 Å². The van der Waals surface area contributed by atoms with Gasteiger partial charge in [-0.25, -0.2) is 4.79 Å². The Morgan fingerprint density at radius 3 is 1.27 bits per heavy atom. The lowest BCUT2D eigenvalue weighted by Crippen LogP contribution is -2.77. The lowest BCUT2D eigenvalue weighted by atomic mass is 9.71. The molecule has 7 aromatic carbocycles. The van der Waals surface area contributed by atoms with Gasteiger partial charge in [0.1, 0.15) is 61.0 Å². The first-order valence-corrected chi connectivity index (χ1v) is 31.2. The Hall–Kier alpha value is -6.69. The maximum absolute atomic E-state index is 16.4. The Morgan fingerprint density at radius 1 is 0.500 bits per heavy atom. The fraction of sp³-hybridized carbons (Fsp3) is 0.400. The summed E-state index contributed by atoms with van der Waals surface area (Å²) in [4.78, 5) is 16.4. The first-order valence-electron chi connectivity index (χ1n) is 31.2. The van der Waals surface area contributed by atoms with Crippen molar-refractivity contribution in [3.8, 4) is 0 Å². The molecule has 0 radical (unpaired) electrons. The molecule has 0 bridgehead atoms. The number of carbonyl (C=O) groups is 1. The maximum atomic E-state index is 16.4. The van der Waals surface area contributed by atoms with E-state index in [9.17, 15) is 5.11 Å². The predicted molar refractivity (Wildman–Crippen MR) is 336 cm³/mol. The zero-order chi connectivity index (χ0) is 60.9. The van der Waals surface area contributed by atoms with Crippen LogP contribution in [0.25, 0.3) is 0 Å². The Kier molecular flexibility index (Phi) is 23.9. The second-order valence-corrected chi connectivity index (χ2v) is 23.7. The lowest BCUT2D eigenvalue weighted by molar-refractivity contribution is -0.374. The van der Waals surface area contributed by atoms with Crippen LogP contribution in [0.3, 0.4) is 0 Å². The Morgan fingerprint density at radius 2 is 0.864 bits per heavy atom. The van der Waals surface area contributed by atoms with E-state index >= 15 is 4.79 Å². The summed E-state index contributed by atoms with van der Waals surface area (Å²) in [7, 11) is 0. The van der Waals surface area contributed by atoms with Crippen molar-refractivity contribution in [3.63, 3.8) is 0 Å². The molecule has 1 saturated heterocycles. The first-order chi connectivity index (χ1) is 43.2. The van der Waals surface area contributed by atoms with E-state index in [4.69, 9.17) is 52.1 Å². The number of aliphatic hydroxyl groups is 1. The molecule has 2 saturated carbocycles. The van der Waals surface area contributed by atoms with Gasteiger partial charge in [0.25, 0.3) is 0 Å². The van der Waals surface area contributed by atoms with E-state index in [2.05, 4.69) is 27.4 Å². The van der Waals surface area contributed by atoms with Crippen LogP contribution >= 0.6 is 0 Å². The van der Waals surface area contributed by atoms with Gasteiger partial charge in [-0.1, -0.05) is 246 Å². The number of hydrogen-bond donors (Lipinski definition) is 1. The Balaban J connectivity index is 1.15. The van der Waals surface area contributed by atoms with Crippen LogP contribution in [0.15, 0.2) is 225 Å². The van der Waals surface area contributed by atoms with Crippen LogP contribution in [-0.2, 0) is 103 Å². The zero-order valence-corrected chi connectivity index (χ0v) is 50.9. The largest absolute Gasteiger partial charge is 0.460 e. The van der Waals surface area contributed by atoms with Gasteiger partial charge in [0, 0.05) is 5.92 Å². The number of carbonyl (C=O) groups excluding carboxylic acids is 1. The highest BCUT2D eigenvalue weighted by molar-refractivity contribution is 5.82. The molecule has 0 spiro atoms. The van der Waals surface area contributed by atoms with Crippen molar-refractivity contribution in [2.24, 2.45) is 17.8 Å². The van der Waals surface area contributed by atoms with E-state index in [0.717, 1.165) is 51.8 Å². The molecule has 2 aliphatic carbocycles. The fourth-order valence-corrected chi connectivity index (χ4v) is 12.7. The molecular formula is C75H86O13. The molecule has 3 aliphatic rings. The lowest BCUT2D eigenvalue weighted by Gasteiger charge is -2.55. The van der Waals surface area contributed by atoms with Gasteiger partial charge >= 0.3 is 5.97 Å². The minimum absolute atomic E-state index is 0.00840. The maximum Gasteiger partial charge on any atom is 0.344 e. The molecule has 14 atom stereocenters. The second kappa shape index (κ2) is 32.7. The van der Waals surface area contributed by atoms with E-state index in [-0.39, 0.29) is 77.2 Å². The van der Waals surface area contributed by atoms with Gasteiger partial charge < -0.3 is 57.2 Å². The summed E-state index contributed by atoms with van der Waals surface area (Å²) in [6.45, 7) is 11.3. The molecule has 0 aromatic heterocycles. The minimum Gasteiger partial charge on any atom is -0.460 e. The SMILES string of the molecule is C=CCO[C@H]1[C@H](OCc2ccccc2)[C@@H](OCc2ccccc2)[C@H](OCc2ccccc2)[C@H](O[C@H]2O[C@H](COCc3ccccc3)[C@@H](OCc3ccccc3)[C@H](OCc3ccccc3)[C@@H]2OCc2ccccc2)[C@@]1(O)C(=O)OC1CCCC(C)C1C(C)C. The highest BCUT2D eigenvalue weighted by atomic mass is 16.7. The van der Waals surface area contributed by atoms with E-state index < -0.39 is 78.9 Å². The summed E-state index contributed by atoms with van der Waals surface area (Å²) >= 11 is 0. The second-order valence-electron chi connectivity index (χ2n) is 23.7. The molecule has 0 amide bonds. The molecule has 464 valence electrons. The van der Waals surface area contributed by atoms with Crippen molar-refractivity contribution >= 4 is 5.97 Å². The summed E-state index contributed by atoms with van der Waals surface area (Å²) in [6.07, 6.45) is -8.72. The van der Waals surface area contributed by atoms with Crippen LogP contribution in [0.5, 0.6) is 0 Å². The monoisotopic (exact) mass is 1190 g/mol. The van der Waals surface area contributed by atoms with Crippen LogP contribution in [-0.4, -0.2) is 97.2 Å². The third-order valence-electron chi connectivity index (χ3n) is 17.1.